The average Bonchev–Trinajstić information content (AvgIpc) is 3.36. The van der Waals surface area contributed by atoms with Crippen LogP contribution in [0.3, 0.4) is 0 Å². The number of unbranched alkanes of at least 4 members (excludes halogenated alkanes) is 2. The van der Waals surface area contributed by atoms with Gasteiger partial charge in [0.2, 0.25) is 0 Å². The topological polar surface area (TPSA) is 0 Å². The third-order valence-corrected chi connectivity index (χ3v) is 5.01. The first kappa shape index (κ1) is 34.5. The normalized spacial score (nSPS) is 10.6. The second kappa shape index (κ2) is 19.7. The van der Waals surface area contributed by atoms with E-state index in [9.17, 15) is 0 Å². The summed E-state index contributed by atoms with van der Waals surface area (Å²) in [7, 11) is 10.6. The summed E-state index contributed by atoms with van der Waals surface area (Å²) < 4.78 is 0. The minimum atomic E-state index is -0.826. The van der Waals surface area contributed by atoms with Gasteiger partial charge in [-0.15, -0.1) is 0 Å². The summed E-state index contributed by atoms with van der Waals surface area (Å²) in [6.07, 6.45) is 7.69. The van der Waals surface area contributed by atoms with Crippen molar-refractivity contribution in [2.24, 2.45) is 0 Å². The van der Waals surface area contributed by atoms with Gasteiger partial charge in [-0.25, -0.2) is 12.1 Å². The molecule has 4 heteroatoms. The number of halogens is 2. The van der Waals surface area contributed by atoms with Gasteiger partial charge in [0, 0.05) is 9.52 Å². The minimum absolute atomic E-state index is 0.310. The molecule has 0 nitrogen and oxygen atoms in total. The molecule has 0 aliphatic heterocycles. The fraction of sp³-hybridized carbons (Fsp3) is 0.643. The Morgan fingerprint density at radius 3 is 1.22 bits per heavy atom. The van der Waals surface area contributed by atoms with Crippen molar-refractivity contribution in [3.63, 3.8) is 0 Å². The van der Waals surface area contributed by atoms with Gasteiger partial charge in [-0.05, 0) is 0 Å². The Morgan fingerprint density at radius 1 is 0.750 bits per heavy atom. The van der Waals surface area contributed by atoms with E-state index < -0.39 is 20.8 Å². The number of hydrogen-bond acceptors (Lipinski definition) is 0. The van der Waals surface area contributed by atoms with Gasteiger partial charge in [0.15, 0.2) is 0 Å². The molecule has 2 rings (SSSR count). The Bertz CT molecular complexity index is 601. The van der Waals surface area contributed by atoms with Gasteiger partial charge in [-0.2, -0.15) is 46.5 Å². The van der Waals surface area contributed by atoms with E-state index in [0.29, 0.717) is 10.8 Å². The fourth-order valence-electron chi connectivity index (χ4n) is 2.99. The summed E-state index contributed by atoms with van der Waals surface area (Å²) in [4.78, 5) is 0. The van der Waals surface area contributed by atoms with Gasteiger partial charge < -0.3 is 0 Å². The van der Waals surface area contributed by atoms with Crippen LogP contribution in [0.4, 0.5) is 0 Å². The van der Waals surface area contributed by atoms with Gasteiger partial charge in [0.05, 0.1) is 0 Å². The van der Waals surface area contributed by atoms with E-state index in [2.05, 4.69) is 105 Å². The summed E-state index contributed by atoms with van der Waals surface area (Å²) in [5.41, 5.74) is 6.57. The molecule has 0 spiro atoms. The van der Waals surface area contributed by atoms with Crippen molar-refractivity contribution < 1.29 is 20.8 Å². The Kier molecular flexibility index (Phi) is 21.2. The molecule has 0 saturated heterocycles. The van der Waals surface area contributed by atoms with Crippen molar-refractivity contribution in [3.8, 4) is 0 Å². The standard InChI is InChI=1S/2C13H21.C2H7Si.2ClH.Zr/c2*1-5-6-7-11-8-9-12(10-11)13(2,3)4;1-3-2;;;/h2*8-10H,5-7H2,1-4H3;3H,1-2H3;2*1H;/q2*-1;;;;+4/p-2. The predicted molar refractivity (Wildman–Crippen MR) is 149 cm³/mol. The molecule has 0 saturated carbocycles. The van der Waals surface area contributed by atoms with Crippen molar-refractivity contribution in [2.45, 2.75) is 118 Å². The zero-order valence-electron chi connectivity index (χ0n) is 22.5. The van der Waals surface area contributed by atoms with Crippen LogP contribution in [0.2, 0.25) is 13.1 Å². The van der Waals surface area contributed by atoms with Gasteiger partial charge >= 0.3 is 37.9 Å². The number of rotatable bonds is 6. The molecule has 0 amide bonds. The SMILES string of the molecule is CCCCc1cc(C(C)(C)C)c[cH-]1.CCCCc1cc(C(C)(C)C)c[cH-]1.C[SiH]C.[Cl][Zr+2][Cl]. The Labute approximate surface area is 222 Å². The van der Waals surface area contributed by atoms with Crippen LogP contribution < -0.4 is 0 Å². The molecule has 2 aromatic rings. The van der Waals surface area contributed by atoms with E-state index in [1.54, 1.807) is 0 Å². The maximum absolute atomic E-state index is 4.93. The molecule has 0 fully saturated rings. The van der Waals surface area contributed by atoms with E-state index in [0.717, 1.165) is 9.52 Å². The monoisotopic (exact) mass is 573 g/mol. The summed E-state index contributed by atoms with van der Waals surface area (Å²) in [6.45, 7) is 22.5. The molecule has 0 aliphatic carbocycles. The molecule has 183 valence electrons. The molecular formula is C28H49Cl2SiZr. The first-order valence-electron chi connectivity index (χ1n) is 12.1. The van der Waals surface area contributed by atoms with Crippen LogP contribution in [0.25, 0.3) is 0 Å². The van der Waals surface area contributed by atoms with Crippen LogP contribution in [0.5, 0.6) is 0 Å². The molecule has 0 bridgehead atoms. The van der Waals surface area contributed by atoms with Crippen molar-refractivity contribution in [3.05, 3.63) is 58.7 Å². The van der Waals surface area contributed by atoms with E-state index in [-0.39, 0.29) is 0 Å². The first-order chi connectivity index (χ1) is 14.9. The fourth-order valence-corrected chi connectivity index (χ4v) is 2.99. The van der Waals surface area contributed by atoms with Crippen molar-refractivity contribution >= 4 is 26.5 Å². The third-order valence-electron chi connectivity index (χ3n) is 5.01. The van der Waals surface area contributed by atoms with Crippen molar-refractivity contribution in [1.82, 2.24) is 0 Å². The van der Waals surface area contributed by atoms with E-state index in [1.807, 2.05) is 0 Å². The van der Waals surface area contributed by atoms with Crippen LogP contribution >= 0.6 is 17.0 Å². The van der Waals surface area contributed by atoms with Crippen LogP contribution in [0, 0.1) is 0 Å². The molecule has 1 radical (unpaired) electrons. The Morgan fingerprint density at radius 2 is 1.03 bits per heavy atom. The summed E-state index contributed by atoms with van der Waals surface area (Å²) in [5.74, 6) is 0. The predicted octanol–water partition coefficient (Wildman–Crippen LogP) is 9.99. The van der Waals surface area contributed by atoms with E-state index >= 15 is 0 Å². The second-order valence-electron chi connectivity index (χ2n) is 10.4. The van der Waals surface area contributed by atoms with Gasteiger partial charge in [-0.3, -0.25) is 0 Å². The molecule has 2 aromatic carbocycles. The van der Waals surface area contributed by atoms with E-state index in [4.69, 9.17) is 17.0 Å². The Hall–Kier alpha value is 0.380. The van der Waals surface area contributed by atoms with Crippen LogP contribution in [-0.4, -0.2) is 9.52 Å². The third kappa shape index (κ3) is 17.8. The average molecular weight is 576 g/mol. The van der Waals surface area contributed by atoms with Gasteiger partial charge in [-0.1, -0.05) is 118 Å². The number of hydrogen-bond donors (Lipinski definition) is 0. The molecule has 0 unspecified atom stereocenters. The molecular weight excluding hydrogens is 527 g/mol. The van der Waals surface area contributed by atoms with Crippen molar-refractivity contribution in [2.75, 3.05) is 0 Å². The zero-order valence-corrected chi connectivity index (χ0v) is 27.7. The molecule has 0 N–H and O–H groups in total. The van der Waals surface area contributed by atoms with Gasteiger partial charge in [0.25, 0.3) is 0 Å². The zero-order chi connectivity index (χ0) is 25.2. The summed E-state index contributed by atoms with van der Waals surface area (Å²) in [5, 5.41) is 0. The molecule has 0 heterocycles. The van der Waals surface area contributed by atoms with Crippen LogP contribution in [0.1, 0.15) is 103 Å². The van der Waals surface area contributed by atoms with Crippen LogP contribution in [0.15, 0.2) is 36.4 Å². The van der Waals surface area contributed by atoms with Gasteiger partial charge in [0.1, 0.15) is 0 Å². The van der Waals surface area contributed by atoms with Crippen LogP contribution in [-0.2, 0) is 44.5 Å². The molecule has 0 aromatic heterocycles. The summed E-state index contributed by atoms with van der Waals surface area (Å²) >= 11 is -0.826. The maximum atomic E-state index is 4.93. The molecule has 32 heavy (non-hydrogen) atoms. The molecule has 0 aliphatic rings. The summed E-state index contributed by atoms with van der Waals surface area (Å²) in [6, 6.07) is 13.8. The second-order valence-corrected chi connectivity index (χ2v) is 15.3. The quantitative estimate of drug-likeness (QED) is 0.237. The van der Waals surface area contributed by atoms with E-state index in [1.165, 1.54) is 60.8 Å². The first-order valence-corrected chi connectivity index (χ1v) is 20.8. The molecule has 0 atom stereocenters. The van der Waals surface area contributed by atoms with Crippen molar-refractivity contribution in [1.29, 1.82) is 0 Å². The number of aryl methyl sites for hydroxylation is 2. The Balaban J connectivity index is 0.